The van der Waals surface area contributed by atoms with Gasteiger partial charge in [0, 0.05) is 5.57 Å². The highest BCUT2D eigenvalue weighted by Gasteiger charge is 2.45. The lowest BCUT2D eigenvalue weighted by Crippen LogP contribution is -2.49. The van der Waals surface area contributed by atoms with E-state index in [2.05, 4.69) is 4.74 Å². The average Bonchev–Trinajstić information content (AvgIpc) is 2.61. The fourth-order valence-electron chi connectivity index (χ4n) is 2.14. The first-order valence-electron chi connectivity index (χ1n) is 6.91. The molecular formula is C15H25NO5. The summed E-state index contributed by atoms with van der Waals surface area (Å²) in [6, 6.07) is -0.367. The molecule has 1 atom stereocenters. The van der Waals surface area contributed by atoms with E-state index in [1.165, 1.54) is 12.0 Å². The third-order valence-corrected chi connectivity index (χ3v) is 3.06. The van der Waals surface area contributed by atoms with Gasteiger partial charge in [0.1, 0.15) is 11.3 Å². The fraction of sp³-hybridized carbons (Fsp3) is 0.733. The van der Waals surface area contributed by atoms with Crippen LogP contribution in [0.25, 0.3) is 0 Å². The molecule has 0 aromatic carbocycles. The molecule has 6 heteroatoms. The molecule has 1 amide bonds. The zero-order chi connectivity index (χ0) is 16.4. The molecule has 1 aliphatic rings. The van der Waals surface area contributed by atoms with Crippen LogP contribution in [0.4, 0.5) is 4.79 Å². The molecule has 0 aromatic rings. The molecule has 0 aromatic heterocycles. The van der Waals surface area contributed by atoms with Gasteiger partial charge in [-0.3, -0.25) is 4.90 Å². The van der Waals surface area contributed by atoms with Gasteiger partial charge >= 0.3 is 12.1 Å². The molecule has 120 valence electrons. The Bertz CT molecular complexity index is 447. The normalized spacial score (nSPS) is 22.1. The first kappa shape index (κ1) is 17.5. The molecule has 0 spiro atoms. The minimum atomic E-state index is -0.792. The smallest absolute Gasteiger partial charge is 0.413 e. The summed E-state index contributed by atoms with van der Waals surface area (Å²) in [6.07, 6.45) is 1.20. The third kappa shape index (κ3) is 4.46. The van der Waals surface area contributed by atoms with Crippen LogP contribution in [-0.2, 0) is 19.0 Å². The Kier molecular flexibility index (Phi) is 5.04. The molecule has 0 unspecified atom stereocenters. The number of hydrogen-bond donors (Lipinski definition) is 0. The van der Waals surface area contributed by atoms with Crippen molar-refractivity contribution in [2.45, 2.75) is 58.9 Å². The minimum Gasteiger partial charge on any atom is -0.466 e. The average molecular weight is 299 g/mol. The zero-order valence-electron chi connectivity index (χ0n) is 13.9. The topological polar surface area (TPSA) is 65.1 Å². The standard InChI is InChI=1S/C15H25NO5/c1-10(12(17)19-7)8-11-9-20-15(5,6)16(11)13(18)21-14(2,3)4/h8,11H,9H2,1-7H3/b10-8-/t11-/m0/s1. The Morgan fingerprint density at radius 1 is 1.33 bits per heavy atom. The summed E-state index contributed by atoms with van der Waals surface area (Å²) in [7, 11) is 1.32. The van der Waals surface area contributed by atoms with Gasteiger partial charge < -0.3 is 14.2 Å². The molecule has 6 nitrogen and oxygen atoms in total. The van der Waals surface area contributed by atoms with E-state index < -0.39 is 23.4 Å². The number of ether oxygens (including phenoxy) is 3. The minimum absolute atomic E-state index is 0.306. The van der Waals surface area contributed by atoms with Crippen molar-refractivity contribution < 1.29 is 23.8 Å². The molecule has 21 heavy (non-hydrogen) atoms. The number of carbonyl (C=O) groups is 2. The second-order valence-corrected chi connectivity index (χ2v) is 6.52. The van der Waals surface area contributed by atoms with Crippen LogP contribution >= 0.6 is 0 Å². The van der Waals surface area contributed by atoms with Crippen molar-refractivity contribution in [3.05, 3.63) is 11.6 Å². The van der Waals surface area contributed by atoms with Gasteiger partial charge in [-0.1, -0.05) is 0 Å². The number of methoxy groups -OCH3 is 1. The molecule has 1 saturated heterocycles. The van der Waals surface area contributed by atoms with Crippen LogP contribution in [0.1, 0.15) is 41.5 Å². The number of amides is 1. The Hall–Kier alpha value is -1.56. The molecule has 1 fully saturated rings. The Morgan fingerprint density at radius 3 is 2.38 bits per heavy atom. The van der Waals surface area contributed by atoms with Gasteiger partial charge in [-0.05, 0) is 47.6 Å². The number of rotatable bonds is 2. The van der Waals surface area contributed by atoms with Crippen LogP contribution in [0, 0.1) is 0 Å². The van der Waals surface area contributed by atoms with Crippen molar-refractivity contribution in [3.8, 4) is 0 Å². The van der Waals surface area contributed by atoms with Gasteiger partial charge in [0.2, 0.25) is 0 Å². The van der Waals surface area contributed by atoms with E-state index in [0.29, 0.717) is 12.2 Å². The van der Waals surface area contributed by atoms with Gasteiger partial charge in [0.25, 0.3) is 0 Å². The van der Waals surface area contributed by atoms with E-state index in [4.69, 9.17) is 9.47 Å². The molecule has 1 rings (SSSR count). The largest absolute Gasteiger partial charge is 0.466 e. The van der Waals surface area contributed by atoms with E-state index >= 15 is 0 Å². The summed E-state index contributed by atoms with van der Waals surface area (Å²) in [4.78, 5) is 25.4. The fourth-order valence-corrected chi connectivity index (χ4v) is 2.14. The Labute approximate surface area is 126 Å². The van der Waals surface area contributed by atoms with Gasteiger partial charge in [0.05, 0.1) is 19.8 Å². The molecule has 1 aliphatic heterocycles. The lowest BCUT2D eigenvalue weighted by molar-refractivity contribution is -0.136. The first-order chi connectivity index (χ1) is 9.48. The van der Waals surface area contributed by atoms with Crippen molar-refractivity contribution in [3.63, 3.8) is 0 Å². The number of esters is 1. The van der Waals surface area contributed by atoms with Crippen molar-refractivity contribution in [1.82, 2.24) is 4.90 Å². The van der Waals surface area contributed by atoms with Crippen LogP contribution in [0.5, 0.6) is 0 Å². The Morgan fingerprint density at radius 2 is 1.90 bits per heavy atom. The van der Waals surface area contributed by atoms with E-state index in [0.717, 1.165) is 0 Å². The van der Waals surface area contributed by atoms with Crippen LogP contribution in [0.15, 0.2) is 11.6 Å². The van der Waals surface area contributed by atoms with Crippen molar-refractivity contribution in [1.29, 1.82) is 0 Å². The summed E-state index contributed by atoms with van der Waals surface area (Å²) in [5.74, 6) is -0.427. The molecule has 0 aliphatic carbocycles. The highest BCUT2D eigenvalue weighted by molar-refractivity contribution is 5.87. The monoisotopic (exact) mass is 299 g/mol. The number of nitrogens with zero attached hydrogens (tertiary/aromatic N) is 1. The summed E-state index contributed by atoms with van der Waals surface area (Å²) < 4.78 is 15.7. The number of hydrogen-bond acceptors (Lipinski definition) is 5. The van der Waals surface area contributed by atoms with Crippen molar-refractivity contribution in [2.75, 3.05) is 13.7 Å². The maximum Gasteiger partial charge on any atom is 0.413 e. The van der Waals surface area contributed by atoms with E-state index in [1.807, 2.05) is 0 Å². The van der Waals surface area contributed by atoms with Gasteiger partial charge in [-0.2, -0.15) is 0 Å². The molecular weight excluding hydrogens is 274 g/mol. The highest BCUT2D eigenvalue weighted by Crippen LogP contribution is 2.30. The maximum atomic E-state index is 12.4. The predicted molar refractivity (Wildman–Crippen MR) is 77.7 cm³/mol. The summed E-state index contributed by atoms with van der Waals surface area (Å²) >= 11 is 0. The summed E-state index contributed by atoms with van der Waals surface area (Å²) in [5.41, 5.74) is -0.959. The summed E-state index contributed by atoms with van der Waals surface area (Å²) in [5, 5.41) is 0. The predicted octanol–water partition coefficient (Wildman–Crippen LogP) is 2.48. The van der Waals surface area contributed by atoms with Crippen LogP contribution in [0.2, 0.25) is 0 Å². The van der Waals surface area contributed by atoms with Crippen LogP contribution < -0.4 is 0 Å². The highest BCUT2D eigenvalue weighted by atomic mass is 16.6. The van der Waals surface area contributed by atoms with Gasteiger partial charge in [-0.25, -0.2) is 9.59 Å². The van der Waals surface area contributed by atoms with E-state index in [-0.39, 0.29) is 6.04 Å². The molecule has 1 heterocycles. The molecule has 0 radical (unpaired) electrons. The van der Waals surface area contributed by atoms with Crippen molar-refractivity contribution >= 4 is 12.1 Å². The van der Waals surface area contributed by atoms with Gasteiger partial charge in [0.15, 0.2) is 0 Å². The van der Waals surface area contributed by atoms with Crippen molar-refractivity contribution in [2.24, 2.45) is 0 Å². The number of carbonyl (C=O) groups excluding carboxylic acids is 2. The first-order valence-corrected chi connectivity index (χ1v) is 6.91. The lowest BCUT2D eigenvalue weighted by atomic mass is 10.1. The molecule has 0 N–H and O–H groups in total. The van der Waals surface area contributed by atoms with Crippen LogP contribution in [0.3, 0.4) is 0 Å². The maximum absolute atomic E-state index is 12.4. The van der Waals surface area contributed by atoms with E-state index in [1.54, 1.807) is 47.6 Å². The Balaban J connectivity index is 3.00. The third-order valence-electron chi connectivity index (χ3n) is 3.06. The second kappa shape index (κ2) is 6.05. The second-order valence-electron chi connectivity index (χ2n) is 6.52. The SMILES string of the molecule is COC(=O)/C(C)=C\[C@H]1COC(C)(C)N1C(=O)OC(C)(C)C. The van der Waals surface area contributed by atoms with Gasteiger partial charge in [-0.15, -0.1) is 0 Å². The lowest BCUT2D eigenvalue weighted by Gasteiger charge is -2.34. The summed E-state index contributed by atoms with van der Waals surface area (Å²) in [6.45, 7) is 10.9. The molecule has 0 saturated carbocycles. The zero-order valence-corrected chi connectivity index (χ0v) is 13.9. The van der Waals surface area contributed by atoms with E-state index in [9.17, 15) is 9.59 Å². The van der Waals surface area contributed by atoms with Crippen LogP contribution in [-0.4, -0.2) is 48.0 Å². The molecule has 0 bridgehead atoms. The quantitative estimate of drug-likeness (QED) is 0.579.